The fourth-order valence-corrected chi connectivity index (χ4v) is 3.51. The standard InChI is InChI=1S/C15H22OS/c1-15(2,3)13-6-4-11(5-7-13)14(16)12-8-9-17-10-12/h8-11,13H,4-7H2,1-3H3. The molecular formula is C15H22OS. The van der Waals surface area contributed by atoms with Gasteiger partial charge in [0.25, 0.3) is 0 Å². The highest BCUT2D eigenvalue weighted by molar-refractivity contribution is 7.08. The number of carbonyl (C=O) groups is 1. The van der Waals surface area contributed by atoms with Gasteiger partial charge in [0.1, 0.15) is 0 Å². The van der Waals surface area contributed by atoms with Crippen LogP contribution >= 0.6 is 11.3 Å². The molecule has 1 aliphatic carbocycles. The molecule has 0 aromatic carbocycles. The summed E-state index contributed by atoms with van der Waals surface area (Å²) in [5, 5.41) is 3.98. The zero-order chi connectivity index (χ0) is 12.5. The molecule has 2 rings (SSSR count). The molecule has 0 N–H and O–H groups in total. The Hall–Kier alpha value is -0.630. The molecule has 0 atom stereocenters. The van der Waals surface area contributed by atoms with Crippen LogP contribution in [0.25, 0.3) is 0 Å². The van der Waals surface area contributed by atoms with Gasteiger partial charge in [0.2, 0.25) is 0 Å². The Balaban J connectivity index is 1.94. The van der Waals surface area contributed by atoms with Gasteiger partial charge in [-0.1, -0.05) is 20.8 Å². The Morgan fingerprint density at radius 3 is 2.35 bits per heavy atom. The van der Waals surface area contributed by atoms with Gasteiger partial charge in [-0.3, -0.25) is 4.79 Å². The van der Waals surface area contributed by atoms with Crippen molar-refractivity contribution in [3.63, 3.8) is 0 Å². The molecule has 0 unspecified atom stereocenters. The van der Waals surface area contributed by atoms with Gasteiger partial charge in [-0.05, 0) is 48.5 Å². The number of Topliss-reactive ketones (excluding diaryl/α,β-unsaturated/α-hetero) is 1. The summed E-state index contributed by atoms with van der Waals surface area (Å²) in [5.41, 5.74) is 1.32. The second kappa shape index (κ2) is 4.93. The fraction of sp³-hybridized carbons (Fsp3) is 0.667. The lowest BCUT2D eigenvalue weighted by Crippen LogP contribution is -2.28. The lowest BCUT2D eigenvalue weighted by molar-refractivity contribution is 0.0820. The highest BCUT2D eigenvalue weighted by Crippen LogP contribution is 2.40. The highest BCUT2D eigenvalue weighted by Gasteiger charge is 2.32. The van der Waals surface area contributed by atoms with E-state index in [0.717, 1.165) is 24.3 Å². The Kier molecular flexibility index (Phi) is 3.72. The minimum atomic E-state index is 0.281. The predicted octanol–water partition coefficient (Wildman–Crippen LogP) is 4.78. The number of carbonyl (C=O) groups excluding carboxylic acids is 1. The van der Waals surface area contributed by atoms with Gasteiger partial charge in [0, 0.05) is 16.9 Å². The van der Waals surface area contributed by atoms with Gasteiger partial charge in [-0.25, -0.2) is 0 Å². The van der Waals surface area contributed by atoms with Crippen molar-refractivity contribution in [2.24, 2.45) is 17.3 Å². The number of hydrogen-bond donors (Lipinski definition) is 0. The maximum absolute atomic E-state index is 12.2. The van der Waals surface area contributed by atoms with Crippen LogP contribution in [-0.4, -0.2) is 5.78 Å². The van der Waals surface area contributed by atoms with E-state index in [4.69, 9.17) is 0 Å². The van der Waals surface area contributed by atoms with Crippen LogP contribution in [0.1, 0.15) is 56.8 Å². The molecule has 1 aliphatic rings. The number of ketones is 1. The van der Waals surface area contributed by atoms with Crippen LogP contribution < -0.4 is 0 Å². The molecule has 1 fully saturated rings. The highest BCUT2D eigenvalue weighted by atomic mass is 32.1. The maximum atomic E-state index is 12.2. The third-order valence-electron chi connectivity index (χ3n) is 4.13. The molecule has 0 amide bonds. The van der Waals surface area contributed by atoms with Gasteiger partial charge in [0.05, 0.1) is 0 Å². The smallest absolute Gasteiger partial charge is 0.166 e. The van der Waals surface area contributed by atoms with Crippen LogP contribution in [0.5, 0.6) is 0 Å². The third kappa shape index (κ3) is 2.98. The van der Waals surface area contributed by atoms with Crippen molar-refractivity contribution in [3.05, 3.63) is 22.4 Å². The van der Waals surface area contributed by atoms with E-state index >= 15 is 0 Å². The number of hydrogen-bond acceptors (Lipinski definition) is 2. The summed E-state index contributed by atoms with van der Waals surface area (Å²) >= 11 is 1.62. The number of rotatable bonds is 2. The predicted molar refractivity (Wildman–Crippen MR) is 73.6 cm³/mol. The molecule has 0 spiro atoms. The van der Waals surface area contributed by atoms with E-state index in [1.54, 1.807) is 11.3 Å². The Labute approximate surface area is 108 Å². The molecule has 1 heterocycles. The van der Waals surface area contributed by atoms with Crippen LogP contribution in [0, 0.1) is 17.3 Å². The van der Waals surface area contributed by atoms with Crippen LogP contribution in [0.3, 0.4) is 0 Å². The molecule has 0 bridgehead atoms. The zero-order valence-electron chi connectivity index (χ0n) is 11.0. The first kappa shape index (κ1) is 12.8. The van der Waals surface area contributed by atoms with Crippen LogP contribution in [0.2, 0.25) is 0 Å². The lowest BCUT2D eigenvalue weighted by atomic mass is 9.69. The molecule has 1 aromatic heterocycles. The van der Waals surface area contributed by atoms with Crippen LogP contribution in [0.4, 0.5) is 0 Å². The summed E-state index contributed by atoms with van der Waals surface area (Å²) in [5.74, 6) is 1.44. The van der Waals surface area contributed by atoms with Gasteiger partial charge >= 0.3 is 0 Å². The van der Waals surface area contributed by atoms with Crippen molar-refractivity contribution in [3.8, 4) is 0 Å². The first-order valence-electron chi connectivity index (χ1n) is 6.55. The van der Waals surface area contributed by atoms with E-state index in [0.29, 0.717) is 11.2 Å². The summed E-state index contributed by atoms with van der Waals surface area (Å²) in [4.78, 5) is 12.2. The summed E-state index contributed by atoms with van der Waals surface area (Å²) in [6, 6.07) is 1.96. The van der Waals surface area contributed by atoms with Crippen molar-refractivity contribution in [2.45, 2.75) is 46.5 Å². The van der Waals surface area contributed by atoms with Gasteiger partial charge in [-0.15, -0.1) is 0 Å². The molecule has 1 aromatic rings. The molecule has 0 saturated heterocycles. The number of thiophene rings is 1. The molecule has 0 radical (unpaired) electrons. The molecule has 17 heavy (non-hydrogen) atoms. The summed E-state index contributed by atoms with van der Waals surface area (Å²) in [6.07, 6.45) is 4.58. The largest absolute Gasteiger partial charge is 0.294 e. The van der Waals surface area contributed by atoms with Crippen molar-refractivity contribution >= 4 is 17.1 Å². The van der Waals surface area contributed by atoms with Gasteiger partial charge < -0.3 is 0 Å². The fourth-order valence-electron chi connectivity index (χ4n) is 2.86. The van der Waals surface area contributed by atoms with Crippen molar-refractivity contribution in [1.29, 1.82) is 0 Å². The van der Waals surface area contributed by atoms with Crippen molar-refractivity contribution in [2.75, 3.05) is 0 Å². The normalized spacial score (nSPS) is 25.8. The Morgan fingerprint density at radius 1 is 1.24 bits per heavy atom. The second-order valence-corrected chi connectivity index (χ2v) is 7.07. The molecular weight excluding hydrogens is 228 g/mol. The maximum Gasteiger partial charge on any atom is 0.166 e. The Morgan fingerprint density at radius 2 is 1.88 bits per heavy atom. The third-order valence-corrected chi connectivity index (χ3v) is 4.81. The Bertz CT molecular complexity index is 364. The van der Waals surface area contributed by atoms with Crippen molar-refractivity contribution < 1.29 is 4.79 Å². The SMILES string of the molecule is CC(C)(C)C1CCC(C(=O)c2ccsc2)CC1. The topological polar surface area (TPSA) is 17.1 Å². The van der Waals surface area contributed by atoms with E-state index in [1.807, 2.05) is 16.8 Å². The first-order valence-corrected chi connectivity index (χ1v) is 7.49. The first-order chi connectivity index (χ1) is 7.98. The zero-order valence-corrected chi connectivity index (χ0v) is 11.8. The van der Waals surface area contributed by atoms with E-state index in [-0.39, 0.29) is 5.92 Å². The van der Waals surface area contributed by atoms with Gasteiger partial charge in [0.15, 0.2) is 5.78 Å². The monoisotopic (exact) mass is 250 g/mol. The summed E-state index contributed by atoms with van der Waals surface area (Å²) in [6.45, 7) is 6.95. The average molecular weight is 250 g/mol. The van der Waals surface area contributed by atoms with E-state index in [9.17, 15) is 4.79 Å². The van der Waals surface area contributed by atoms with Crippen LogP contribution in [-0.2, 0) is 0 Å². The second-order valence-electron chi connectivity index (χ2n) is 6.29. The molecule has 1 nitrogen and oxygen atoms in total. The minimum absolute atomic E-state index is 0.281. The summed E-state index contributed by atoms with van der Waals surface area (Å²) < 4.78 is 0. The van der Waals surface area contributed by atoms with Crippen LogP contribution in [0.15, 0.2) is 16.8 Å². The quantitative estimate of drug-likeness (QED) is 0.690. The molecule has 2 heteroatoms. The lowest BCUT2D eigenvalue weighted by Gasteiger charge is -2.36. The van der Waals surface area contributed by atoms with E-state index < -0.39 is 0 Å². The average Bonchev–Trinajstić information content (AvgIpc) is 2.80. The van der Waals surface area contributed by atoms with Crippen molar-refractivity contribution in [1.82, 2.24) is 0 Å². The van der Waals surface area contributed by atoms with E-state index in [2.05, 4.69) is 20.8 Å². The summed E-state index contributed by atoms with van der Waals surface area (Å²) in [7, 11) is 0. The van der Waals surface area contributed by atoms with Gasteiger partial charge in [-0.2, -0.15) is 11.3 Å². The van der Waals surface area contributed by atoms with E-state index in [1.165, 1.54) is 12.8 Å². The molecule has 94 valence electrons. The minimum Gasteiger partial charge on any atom is -0.294 e. The molecule has 0 aliphatic heterocycles. The molecule has 1 saturated carbocycles.